The molecule has 0 bridgehead atoms. The smallest absolute Gasteiger partial charge is 0.335 e. The fourth-order valence-electron chi connectivity index (χ4n) is 3.84. The summed E-state index contributed by atoms with van der Waals surface area (Å²) in [5.41, 5.74) is 4.77. The fraction of sp³-hybridized carbons (Fsp3) is 0.310. The van der Waals surface area contributed by atoms with Gasteiger partial charge in [0.1, 0.15) is 23.9 Å². The minimum Gasteiger partial charge on any atom is -0.486 e. The van der Waals surface area contributed by atoms with E-state index in [0.29, 0.717) is 32.0 Å². The highest BCUT2D eigenvalue weighted by molar-refractivity contribution is 5.75. The lowest BCUT2D eigenvalue weighted by Gasteiger charge is -2.15. The molecule has 0 fully saturated rings. The average molecular weight is 490 g/mol. The Bertz CT molecular complexity index is 1270. The predicted molar refractivity (Wildman–Crippen MR) is 136 cm³/mol. The molecule has 2 heterocycles. The number of nitrogens with zero attached hydrogens (tertiary/aromatic N) is 1. The molecule has 0 amide bonds. The molecule has 0 spiro atoms. The SMILES string of the molecule is CCOC(=O)C(Cc1ccc(OCc2oc(-c3ccc(-c4cc(C)no4)cc3)cc2C)cc1)OCC. The van der Waals surface area contributed by atoms with Crippen molar-refractivity contribution in [2.75, 3.05) is 13.2 Å². The molecule has 1 atom stereocenters. The molecule has 0 aliphatic heterocycles. The summed E-state index contributed by atoms with van der Waals surface area (Å²) in [6.07, 6.45) is -0.164. The average Bonchev–Trinajstić information content (AvgIpc) is 3.49. The van der Waals surface area contributed by atoms with Gasteiger partial charge in [0.2, 0.25) is 0 Å². The van der Waals surface area contributed by atoms with Gasteiger partial charge in [0, 0.05) is 30.2 Å². The number of carbonyl (C=O) groups excluding carboxylic acids is 1. The summed E-state index contributed by atoms with van der Waals surface area (Å²) in [5, 5.41) is 3.94. The number of hydrogen-bond acceptors (Lipinski definition) is 7. The number of benzene rings is 2. The maximum atomic E-state index is 12.1. The molecule has 0 saturated heterocycles. The van der Waals surface area contributed by atoms with Crippen LogP contribution in [0.4, 0.5) is 0 Å². The lowest BCUT2D eigenvalue weighted by Crippen LogP contribution is -2.28. The Hall–Kier alpha value is -3.84. The van der Waals surface area contributed by atoms with Crippen LogP contribution in [0.1, 0.15) is 36.4 Å². The topological polar surface area (TPSA) is 83.9 Å². The van der Waals surface area contributed by atoms with Crippen molar-refractivity contribution in [2.24, 2.45) is 0 Å². The maximum Gasteiger partial charge on any atom is 0.335 e. The van der Waals surface area contributed by atoms with Gasteiger partial charge >= 0.3 is 5.97 Å². The Morgan fingerprint density at radius 2 is 1.61 bits per heavy atom. The highest BCUT2D eigenvalue weighted by Crippen LogP contribution is 2.29. The van der Waals surface area contributed by atoms with Crippen molar-refractivity contribution in [3.8, 4) is 28.4 Å². The molecule has 36 heavy (non-hydrogen) atoms. The third-order valence-electron chi connectivity index (χ3n) is 5.73. The maximum absolute atomic E-state index is 12.1. The molecule has 0 aliphatic carbocycles. The Labute approximate surface area is 211 Å². The van der Waals surface area contributed by atoms with E-state index in [9.17, 15) is 4.79 Å². The Morgan fingerprint density at radius 3 is 2.22 bits per heavy atom. The summed E-state index contributed by atoms with van der Waals surface area (Å²) < 4.78 is 28.0. The van der Waals surface area contributed by atoms with E-state index in [-0.39, 0.29) is 5.97 Å². The molecule has 1 unspecified atom stereocenters. The summed E-state index contributed by atoms with van der Waals surface area (Å²) >= 11 is 0. The molecule has 188 valence electrons. The number of furan rings is 1. The van der Waals surface area contributed by atoms with Crippen LogP contribution in [0.5, 0.6) is 5.75 Å². The molecular weight excluding hydrogens is 458 g/mol. The van der Waals surface area contributed by atoms with E-state index >= 15 is 0 Å². The molecule has 4 rings (SSSR count). The first-order chi connectivity index (χ1) is 17.5. The Balaban J connectivity index is 1.36. The van der Waals surface area contributed by atoms with E-state index < -0.39 is 6.10 Å². The van der Waals surface area contributed by atoms with Crippen molar-refractivity contribution in [2.45, 2.75) is 46.8 Å². The van der Waals surface area contributed by atoms with E-state index in [1.54, 1.807) is 6.92 Å². The second kappa shape index (κ2) is 11.7. The van der Waals surface area contributed by atoms with E-state index in [2.05, 4.69) is 5.16 Å². The number of ether oxygens (including phenoxy) is 3. The number of hydrogen-bond donors (Lipinski definition) is 0. The van der Waals surface area contributed by atoms with Gasteiger partial charge in [-0.1, -0.05) is 41.6 Å². The first-order valence-corrected chi connectivity index (χ1v) is 12.1. The number of esters is 1. The van der Waals surface area contributed by atoms with Gasteiger partial charge in [0.25, 0.3) is 0 Å². The van der Waals surface area contributed by atoms with Gasteiger partial charge in [-0.15, -0.1) is 0 Å². The number of rotatable bonds is 11. The lowest BCUT2D eigenvalue weighted by molar-refractivity contribution is -0.156. The van der Waals surface area contributed by atoms with Gasteiger partial charge in [0.15, 0.2) is 11.9 Å². The summed E-state index contributed by atoms with van der Waals surface area (Å²) in [6, 6.07) is 19.5. The largest absolute Gasteiger partial charge is 0.486 e. The Morgan fingerprint density at radius 1 is 0.917 bits per heavy atom. The third-order valence-corrected chi connectivity index (χ3v) is 5.73. The van der Waals surface area contributed by atoms with Crippen LogP contribution in [0, 0.1) is 13.8 Å². The van der Waals surface area contributed by atoms with E-state index in [1.165, 1.54) is 0 Å². The van der Waals surface area contributed by atoms with Crippen LogP contribution in [-0.4, -0.2) is 30.4 Å². The number of carbonyl (C=O) groups is 1. The lowest BCUT2D eigenvalue weighted by atomic mass is 10.1. The molecule has 0 saturated carbocycles. The number of aryl methyl sites for hydroxylation is 2. The second-order valence-electron chi connectivity index (χ2n) is 8.46. The van der Waals surface area contributed by atoms with Crippen LogP contribution in [0.2, 0.25) is 0 Å². The van der Waals surface area contributed by atoms with E-state index in [4.69, 9.17) is 23.2 Å². The monoisotopic (exact) mass is 489 g/mol. The zero-order valence-electron chi connectivity index (χ0n) is 21.1. The minimum absolute atomic E-state index is 0.311. The van der Waals surface area contributed by atoms with Crippen molar-refractivity contribution in [1.29, 1.82) is 0 Å². The van der Waals surface area contributed by atoms with Crippen LogP contribution in [0.25, 0.3) is 22.6 Å². The first kappa shape index (κ1) is 25.3. The summed E-state index contributed by atoms with van der Waals surface area (Å²) in [4.78, 5) is 12.1. The standard InChI is InChI=1S/C29H31NO6/c1-5-32-27(29(31)33-6-2)17-21-7-13-24(14-8-21)34-18-28-19(3)15-25(35-28)22-9-11-23(12-10-22)26-16-20(4)30-36-26/h7-16,27H,5-6,17-18H2,1-4H3. The molecule has 7 heteroatoms. The highest BCUT2D eigenvalue weighted by Gasteiger charge is 2.20. The molecule has 4 aromatic rings. The van der Waals surface area contributed by atoms with Crippen LogP contribution < -0.4 is 4.74 Å². The van der Waals surface area contributed by atoms with E-state index in [1.807, 2.05) is 81.4 Å². The summed E-state index contributed by atoms with van der Waals surface area (Å²) in [6.45, 7) is 8.63. The molecular formula is C29H31NO6. The quantitative estimate of drug-likeness (QED) is 0.228. The molecule has 0 radical (unpaired) electrons. The second-order valence-corrected chi connectivity index (χ2v) is 8.46. The Kier molecular flexibility index (Phi) is 8.23. The highest BCUT2D eigenvalue weighted by atomic mass is 16.6. The van der Waals surface area contributed by atoms with Crippen LogP contribution in [0.3, 0.4) is 0 Å². The number of aromatic nitrogens is 1. The first-order valence-electron chi connectivity index (χ1n) is 12.1. The van der Waals surface area contributed by atoms with Gasteiger partial charge in [-0.3, -0.25) is 0 Å². The molecule has 7 nitrogen and oxygen atoms in total. The van der Waals surface area contributed by atoms with Crippen LogP contribution in [-0.2, 0) is 27.3 Å². The zero-order chi connectivity index (χ0) is 25.5. The van der Waals surface area contributed by atoms with E-state index in [0.717, 1.165) is 45.2 Å². The van der Waals surface area contributed by atoms with Crippen molar-refractivity contribution >= 4 is 5.97 Å². The fourth-order valence-corrected chi connectivity index (χ4v) is 3.84. The molecule has 2 aromatic carbocycles. The summed E-state index contributed by atoms with van der Waals surface area (Å²) in [5.74, 6) is 2.66. The zero-order valence-corrected chi connectivity index (χ0v) is 21.1. The normalized spacial score (nSPS) is 11.9. The van der Waals surface area contributed by atoms with Crippen molar-refractivity contribution in [3.63, 3.8) is 0 Å². The van der Waals surface area contributed by atoms with Crippen molar-refractivity contribution in [3.05, 3.63) is 83.2 Å². The van der Waals surface area contributed by atoms with Gasteiger partial charge in [0.05, 0.1) is 12.3 Å². The molecule has 0 N–H and O–H groups in total. The van der Waals surface area contributed by atoms with Crippen molar-refractivity contribution < 1.29 is 27.9 Å². The predicted octanol–water partition coefficient (Wildman–Crippen LogP) is 6.31. The minimum atomic E-state index is -0.611. The third kappa shape index (κ3) is 6.23. The van der Waals surface area contributed by atoms with Crippen molar-refractivity contribution in [1.82, 2.24) is 5.16 Å². The van der Waals surface area contributed by atoms with Gasteiger partial charge in [-0.25, -0.2) is 4.79 Å². The molecule has 0 aliphatic rings. The van der Waals surface area contributed by atoms with Crippen LogP contribution in [0.15, 0.2) is 69.6 Å². The van der Waals surface area contributed by atoms with Gasteiger partial charge in [-0.05, 0) is 57.0 Å². The van der Waals surface area contributed by atoms with Gasteiger partial charge in [-0.2, -0.15) is 0 Å². The van der Waals surface area contributed by atoms with Gasteiger partial charge < -0.3 is 23.2 Å². The molecule has 2 aromatic heterocycles. The summed E-state index contributed by atoms with van der Waals surface area (Å²) in [7, 11) is 0. The van der Waals surface area contributed by atoms with Crippen LogP contribution >= 0.6 is 0 Å².